The van der Waals surface area contributed by atoms with Crippen LogP contribution in [0.1, 0.15) is 42.3 Å². The Morgan fingerprint density at radius 2 is 0.718 bits per heavy atom. The topological polar surface area (TPSA) is 0 Å². The second kappa shape index (κ2) is 12.9. The highest BCUT2D eigenvalue weighted by Crippen LogP contribution is 2.68. The maximum absolute atomic E-state index is 2.87. The first-order chi connectivity index (χ1) is 17.2. The van der Waals surface area contributed by atoms with Crippen molar-refractivity contribution in [1.82, 2.24) is 0 Å². The van der Waals surface area contributed by atoms with Gasteiger partial charge in [0, 0.05) is 48.4 Å². The van der Waals surface area contributed by atoms with Gasteiger partial charge >= 0.3 is 0 Å². The quantitative estimate of drug-likeness (QED) is 0.173. The van der Waals surface area contributed by atoms with E-state index >= 15 is 0 Å². The van der Waals surface area contributed by atoms with E-state index in [9.17, 15) is 0 Å². The molecule has 0 spiro atoms. The van der Waals surface area contributed by atoms with Gasteiger partial charge in [0.05, 0.1) is 4.58 Å². The number of hydrogen-bond donors (Lipinski definition) is 0. The Bertz CT molecular complexity index is 890. The van der Waals surface area contributed by atoms with Crippen molar-refractivity contribution >= 4 is 99.5 Å². The van der Waals surface area contributed by atoms with Crippen LogP contribution in [0.4, 0.5) is 0 Å². The van der Waals surface area contributed by atoms with Gasteiger partial charge in [-0.1, -0.05) is 152 Å². The fraction of sp³-hybridized carbons (Fsp3) is 0.786. The van der Waals surface area contributed by atoms with Crippen molar-refractivity contribution in [3.8, 4) is 0 Å². The zero-order chi connectivity index (χ0) is 30.6. The molecule has 1 fully saturated rings. The Morgan fingerprint density at radius 3 is 0.974 bits per heavy atom. The molecule has 0 nitrogen and oxygen atoms in total. The molecule has 0 radical (unpaired) electrons. The minimum atomic E-state index is -1.49. The lowest BCUT2D eigenvalue weighted by Crippen LogP contribution is -2.50. The van der Waals surface area contributed by atoms with Gasteiger partial charge in [0.15, 0.2) is 0 Å². The van der Waals surface area contributed by atoms with Crippen molar-refractivity contribution in [2.75, 3.05) is 0 Å². The van der Waals surface area contributed by atoms with Crippen molar-refractivity contribution in [2.45, 2.75) is 138 Å². The van der Waals surface area contributed by atoms with E-state index in [0.29, 0.717) is 4.58 Å². The van der Waals surface area contributed by atoms with Crippen molar-refractivity contribution in [1.29, 1.82) is 0 Å². The van der Waals surface area contributed by atoms with Crippen molar-refractivity contribution < 1.29 is 0 Å². The molecule has 0 N–H and O–H groups in total. The molecule has 1 aromatic rings. The third-order valence-corrected chi connectivity index (χ3v) is 45.6. The highest BCUT2D eigenvalue weighted by molar-refractivity contribution is 9.38. The molecule has 0 aliphatic carbocycles. The molecule has 11 heteroatoms. The standard InChI is InChI=1S/C28H60S5Si6/c1-34(2,3)26(35(4,5)6)21-19-22(27(36(7,8)9)37(10,11)12)24(25-29-31-33-32-30-25)23(20-21)28(38(13,14)15)39(16,17)18/h19-20,25-28H,1-18H3. The predicted molar refractivity (Wildman–Crippen MR) is 215 cm³/mol. The van der Waals surface area contributed by atoms with Gasteiger partial charge in [0.1, 0.15) is 0 Å². The fourth-order valence-electron chi connectivity index (χ4n) is 8.63. The minimum absolute atomic E-state index is 0.530. The van der Waals surface area contributed by atoms with Gasteiger partial charge in [0.2, 0.25) is 0 Å². The third-order valence-electron chi connectivity index (χ3n) is 7.96. The molecule has 0 saturated carbocycles. The molecule has 2 rings (SSSR count). The molecular formula is C28H60S5Si6. The summed E-state index contributed by atoms with van der Waals surface area (Å²) in [4.78, 5) is 0. The largest absolute Gasteiger partial charge is 0.0980 e. The van der Waals surface area contributed by atoms with E-state index in [1.165, 1.54) is 0 Å². The average Bonchev–Trinajstić information content (AvgIpc) is 2.61. The SMILES string of the molecule is C[Si](C)(C)C(c1cc(C([Si](C)(C)C)[Si](C)(C)C)c(C2SSSSS2)c(C([Si](C)(C)C)[Si](C)(C)C)c1)[Si](C)(C)C. The molecule has 0 aromatic heterocycles. The summed E-state index contributed by atoms with van der Waals surface area (Å²) in [6, 6.07) is 5.73. The van der Waals surface area contributed by atoms with E-state index in [1.807, 2.05) is 40.6 Å². The van der Waals surface area contributed by atoms with Crippen LogP contribution < -0.4 is 0 Å². The molecule has 0 bridgehead atoms. The van der Waals surface area contributed by atoms with E-state index in [-0.39, 0.29) is 0 Å². The normalized spacial score (nSPS) is 17.6. The lowest BCUT2D eigenvalue weighted by atomic mass is 10.00. The molecule has 1 aromatic carbocycles. The third kappa shape index (κ3) is 9.63. The summed E-state index contributed by atoms with van der Waals surface area (Å²) in [7, 11) is 1.49. The summed E-state index contributed by atoms with van der Waals surface area (Å²) in [6.07, 6.45) is 0. The first-order valence-electron chi connectivity index (χ1n) is 14.7. The van der Waals surface area contributed by atoms with Crippen LogP contribution in [0.15, 0.2) is 12.1 Å². The Labute approximate surface area is 269 Å². The zero-order valence-corrected chi connectivity index (χ0v) is 38.6. The molecule has 1 aliphatic heterocycles. The van der Waals surface area contributed by atoms with Crippen LogP contribution >= 0.6 is 51.1 Å². The molecule has 39 heavy (non-hydrogen) atoms. The number of hydrogen-bond acceptors (Lipinski definition) is 5. The van der Waals surface area contributed by atoms with Crippen LogP contribution in [0.5, 0.6) is 0 Å². The average molecular weight is 726 g/mol. The lowest BCUT2D eigenvalue weighted by molar-refractivity contribution is 1.04. The summed E-state index contributed by atoms with van der Waals surface area (Å²) < 4.78 is 0.530. The Hall–Kier alpha value is 2.27. The maximum Gasteiger partial charge on any atom is 0.0980 e. The number of rotatable bonds is 10. The molecule has 0 atom stereocenters. The minimum Gasteiger partial charge on any atom is -0.0693 e. The zero-order valence-electron chi connectivity index (χ0n) is 28.5. The number of benzene rings is 1. The monoisotopic (exact) mass is 724 g/mol. The molecule has 0 unspecified atom stereocenters. The summed E-state index contributed by atoms with van der Waals surface area (Å²) in [5.41, 5.74) is 7.19. The summed E-state index contributed by atoms with van der Waals surface area (Å²) >= 11 is 0. The Kier molecular flexibility index (Phi) is 12.4. The molecule has 1 aliphatic rings. The predicted octanol–water partition coefficient (Wildman–Crippen LogP) is 13.5. The molecule has 1 saturated heterocycles. The van der Waals surface area contributed by atoms with Gasteiger partial charge in [0.25, 0.3) is 0 Å². The summed E-state index contributed by atoms with van der Waals surface area (Å²) in [6.45, 7) is 48.1. The van der Waals surface area contributed by atoms with Crippen LogP contribution in [-0.2, 0) is 0 Å². The molecular weight excluding hydrogens is 665 g/mol. The van der Waals surface area contributed by atoms with Crippen LogP contribution in [0, 0.1) is 0 Å². The maximum atomic E-state index is 2.87. The van der Waals surface area contributed by atoms with Gasteiger partial charge in [-0.2, -0.15) is 0 Å². The first kappa shape index (κ1) is 37.5. The van der Waals surface area contributed by atoms with Crippen LogP contribution in [0.3, 0.4) is 0 Å². The van der Waals surface area contributed by atoms with Crippen molar-refractivity contribution in [2.24, 2.45) is 0 Å². The van der Waals surface area contributed by atoms with E-state index in [4.69, 9.17) is 0 Å². The van der Waals surface area contributed by atoms with E-state index in [1.54, 1.807) is 11.1 Å². The fourth-order valence-corrected chi connectivity index (χ4v) is 58.3. The van der Waals surface area contributed by atoms with Gasteiger partial charge in [-0.3, -0.25) is 0 Å². The molecule has 226 valence electrons. The lowest BCUT2D eigenvalue weighted by Gasteiger charge is -2.46. The van der Waals surface area contributed by atoms with Gasteiger partial charge in [-0.05, 0) is 67.2 Å². The van der Waals surface area contributed by atoms with Gasteiger partial charge in [-0.25, -0.2) is 0 Å². The first-order valence-corrected chi connectivity index (χ1v) is 42.4. The summed E-state index contributed by atoms with van der Waals surface area (Å²) in [5.74, 6) is 0. The molecule has 0 amide bonds. The van der Waals surface area contributed by atoms with E-state index in [2.05, 4.69) is 152 Å². The Balaban J connectivity index is 3.25. The summed E-state index contributed by atoms with van der Waals surface area (Å²) in [5, 5.41) is 2.34. The van der Waals surface area contributed by atoms with E-state index < -0.39 is 48.4 Å². The second-order valence-corrected chi connectivity index (χ2v) is 60.0. The van der Waals surface area contributed by atoms with Crippen LogP contribution in [-0.4, -0.2) is 48.4 Å². The highest BCUT2D eigenvalue weighted by atomic mass is 33.8. The van der Waals surface area contributed by atoms with E-state index in [0.717, 1.165) is 15.5 Å². The Morgan fingerprint density at radius 1 is 0.436 bits per heavy atom. The van der Waals surface area contributed by atoms with Gasteiger partial charge in [-0.15, -0.1) is 0 Å². The molecule has 1 heterocycles. The van der Waals surface area contributed by atoms with Crippen molar-refractivity contribution in [3.05, 3.63) is 34.4 Å². The van der Waals surface area contributed by atoms with Crippen LogP contribution in [0.25, 0.3) is 0 Å². The van der Waals surface area contributed by atoms with Crippen LogP contribution in [0.2, 0.25) is 118 Å². The van der Waals surface area contributed by atoms with Crippen molar-refractivity contribution in [3.63, 3.8) is 0 Å². The smallest absolute Gasteiger partial charge is 0.0693 e. The highest BCUT2D eigenvalue weighted by Gasteiger charge is 2.47. The van der Waals surface area contributed by atoms with Gasteiger partial charge < -0.3 is 0 Å². The second-order valence-electron chi connectivity index (χ2n) is 18.3.